The number of quaternary nitrogens is 1. The highest BCUT2D eigenvalue weighted by molar-refractivity contribution is 5.80. The highest BCUT2D eigenvalue weighted by Gasteiger charge is 2.34. The lowest BCUT2D eigenvalue weighted by atomic mass is 10.0. The summed E-state index contributed by atoms with van der Waals surface area (Å²) < 4.78 is 0.245. The van der Waals surface area contributed by atoms with Gasteiger partial charge in [-0.2, -0.15) is 0 Å². The van der Waals surface area contributed by atoms with E-state index in [9.17, 15) is 9.90 Å². The molecule has 5 nitrogen and oxygen atoms in total. The third-order valence-corrected chi connectivity index (χ3v) is 6.94. The van der Waals surface area contributed by atoms with Crippen molar-refractivity contribution in [2.24, 2.45) is 10.7 Å². The normalized spacial score (nSPS) is 17.6. The topological polar surface area (TPSA) is 78.5 Å². The molecule has 0 amide bonds. The second kappa shape index (κ2) is 20.9. The Kier molecular flexibility index (Phi) is 18.8. The van der Waals surface area contributed by atoms with Gasteiger partial charge in [-0.1, -0.05) is 109 Å². The van der Waals surface area contributed by atoms with Crippen LogP contribution in [0.1, 0.15) is 129 Å². The fourth-order valence-electron chi connectivity index (χ4n) is 4.85. The van der Waals surface area contributed by atoms with Crippen LogP contribution in [0.25, 0.3) is 0 Å². The number of carbonyl (C=O) groups is 1. The summed E-state index contributed by atoms with van der Waals surface area (Å²) in [6.45, 7) is 3.19. The summed E-state index contributed by atoms with van der Waals surface area (Å²) in [5.74, 6) is -0.122. The number of unbranched alkanes of at least 4 members (excludes halogenated alkanes) is 16. The van der Waals surface area contributed by atoms with Gasteiger partial charge in [-0.05, 0) is 25.7 Å². The molecule has 0 spiro atoms. The first kappa shape index (κ1) is 30.6. The number of nitrogens with two attached hydrogens (primary N) is 1. The monoisotopic (exact) mass is 475 g/mol. The minimum Gasteiger partial charge on any atom is -0.544 e. The van der Waals surface area contributed by atoms with E-state index in [-0.39, 0.29) is 11.0 Å². The molecular formula is C29H53N3O2. The van der Waals surface area contributed by atoms with E-state index in [0.717, 1.165) is 18.7 Å². The summed E-state index contributed by atoms with van der Waals surface area (Å²) in [6.07, 6.45) is 33.0. The molecule has 0 saturated heterocycles. The number of aliphatic carboxylic acids is 1. The first-order valence-corrected chi connectivity index (χ1v) is 14.3. The maximum absolute atomic E-state index is 11.2. The summed E-state index contributed by atoms with van der Waals surface area (Å²) in [5, 5.41) is 11.2. The molecule has 1 aliphatic rings. The van der Waals surface area contributed by atoms with Crippen LogP contribution in [-0.2, 0) is 4.79 Å². The quantitative estimate of drug-likeness (QED) is 0.0999. The van der Waals surface area contributed by atoms with Crippen LogP contribution in [-0.4, -0.2) is 35.9 Å². The number of carbonyl (C=O) groups excluding carboxylic acids is 1. The molecular weight excluding hydrogens is 422 g/mol. The fraction of sp³-hybridized carbons (Fsp3) is 0.793. The number of hydrogen-bond donors (Lipinski definition) is 1. The summed E-state index contributed by atoms with van der Waals surface area (Å²) in [4.78, 5) is 15.6. The van der Waals surface area contributed by atoms with Gasteiger partial charge in [0.2, 0.25) is 5.84 Å². The number of rotatable bonds is 24. The Morgan fingerprint density at radius 2 is 1.35 bits per heavy atom. The molecule has 0 radical (unpaired) electrons. The van der Waals surface area contributed by atoms with Crippen LogP contribution in [0.2, 0.25) is 0 Å². The van der Waals surface area contributed by atoms with Gasteiger partial charge in [-0.25, -0.2) is 9.48 Å². The van der Waals surface area contributed by atoms with Gasteiger partial charge in [0.1, 0.15) is 19.3 Å². The third kappa shape index (κ3) is 14.7. The second-order valence-electron chi connectivity index (χ2n) is 10.0. The van der Waals surface area contributed by atoms with Gasteiger partial charge >= 0.3 is 0 Å². The first-order valence-electron chi connectivity index (χ1n) is 14.3. The van der Waals surface area contributed by atoms with Gasteiger partial charge in [0.05, 0.1) is 12.2 Å². The Labute approximate surface area is 210 Å². The molecule has 5 heteroatoms. The first-order chi connectivity index (χ1) is 16.6. The molecule has 196 valence electrons. The molecule has 0 aromatic rings. The highest BCUT2D eigenvalue weighted by Crippen LogP contribution is 2.21. The fourth-order valence-corrected chi connectivity index (χ4v) is 4.85. The zero-order valence-corrected chi connectivity index (χ0v) is 22.2. The van der Waals surface area contributed by atoms with Crippen molar-refractivity contribution in [1.29, 1.82) is 0 Å². The lowest BCUT2D eigenvalue weighted by Crippen LogP contribution is -2.55. The van der Waals surface area contributed by atoms with Crippen LogP contribution in [0, 0.1) is 0 Å². The number of carboxylic acids is 1. The highest BCUT2D eigenvalue weighted by atomic mass is 16.4. The van der Waals surface area contributed by atoms with E-state index in [2.05, 4.69) is 24.1 Å². The largest absolute Gasteiger partial charge is 0.544 e. The van der Waals surface area contributed by atoms with E-state index in [1.54, 1.807) is 6.20 Å². The molecule has 0 aliphatic carbocycles. The van der Waals surface area contributed by atoms with Crippen LogP contribution in [0.15, 0.2) is 29.5 Å². The van der Waals surface area contributed by atoms with E-state index in [4.69, 9.17) is 5.73 Å². The van der Waals surface area contributed by atoms with E-state index in [1.807, 2.05) is 6.20 Å². The van der Waals surface area contributed by atoms with E-state index >= 15 is 0 Å². The van der Waals surface area contributed by atoms with Gasteiger partial charge < -0.3 is 15.6 Å². The minimum absolute atomic E-state index is 0.0661. The molecule has 1 rings (SSSR count). The zero-order valence-electron chi connectivity index (χ0n) is 22.2. The van der Waals surface area contributed by atoms with Gasteiger partial charge in [-0.3, -0.25) is 0 Å². The maximum Gasteiger partial charge on any atom is 0.207 e. The Morgan fingerprint density at radius 1 is 0.853 bits per heavy atom. The Hall–Kier alpha value is -1.46. The van der Waals surface area contributed by atoms with Gasteiger partial charge in [0.15, 0.2) is 0 Å². The Bertz CT molecular complexity index is 600. The maximum atomic E-state index is 11.2. The molecule has 0 aromatic carbocycles. The standard InChI is InChI=1S/C29H53N3O2/c1-2-3-4-5-6-7-8-9-10-11-12-13-14-15-16-17-18-19-20-21-22-28-31-24-26-32(28,25-23-30)27-29(33)34/h5-6,24,26H,2-4,7-23,25,27,30H2,1H3/b6-5+. The van der Waals surface area contributed by atoms with Crippen molar-refractivity contribution in [2.75, 3.05) is 19.6 Å². The number of hydrogen-bond acceptors (Lipinski definition) is 4. The molecule has 0 bridgehead atoms. The van der Waals surface area contributed by atoms with Crippen molar-refractivity contribution < 1.29 is 14.4 Å². The summed E-state index contributed by atoms with van der Waals surface area (Å²) in [6, 6.07) is 0. The van der Waals surface area contributed by atoms with Gasteiger partial charge in [0.25, 0.3) is 0 Å². The Morgan fingerprint density at radius 3 is 1.85 bits per heavy atom. The molecule has 0 fully saturated rings. The van der Waals surface area contributed by atoms with Crippen LogP contribution in [0.3, 0.4) is 0 Å². The Balaban J connectivity index is 1.89. The number of nitrogens with zero attached hydrogens (tertiary/aromatic N) is 2. The second-order valence-corrected chi connectivity index (χ2v) is 10.0. The molecule has 1 heterocycles. The molecule has 1 unspecified atom stereocenters. The molecule has 34 heavy (non-hydrogen) atoms. The number of allylic oxidation sites excluding steroid dienone is 2. The lowest BCUT2D eigenvalue weighted by Gasteiger charge is -2.32. The third-order valence-electron chi connectivity index (χ3n) is 6.94. The average Bonchev–Trinajstić information content (AvgIpc) is 3.19. The predicted octanol–water partition coefficient (Wildman–Crippen LogP) is 6.38. The van der Waals surface area contributed by atoms with Crippen molar-refractivity contribution in [3.05, 3.63) is 24.6 Å². The molecule has 1 aliphatic heterocycles. The van der Waals surface area contributed by atoms with E-state index in [0.29, 0.717) is 13.1 Å². The van der Waals surface area contributed by atoms with E-state index < -0.39 is 5.97 Å². The smallest absolute Gasteiger partial charge is 0.207 e. The van der Waals surface area contributed by atoms with Crippen LogP contribution in [0.5, 0.6) is 0 Å². The van der Waals surface area contributed by atoms with Crippen LogP contribution >= 0.6 is 0 Å². The van der Waals surface area contributed by atoms with Crippen molar-refractivity contribution in [3.63, 3.8) is 0 Å². The van der Waals surface area contributed by atoms with Crippen molar-refractivity contribution in [3.8, 4) is 0 Å². The van der Waals surface area contributed by atoms with E-state index in [1.165, 1.54) is 109 Å². The summed E-state index contributed by atoms with van der Waals surface area (Å²) in [7, 11) is 0. The zero-order chi connectivity index (χ0) is 24.7. The van der Waals surface area contributed by atoms with Crippen molar-refractivity contribution >= 4 is 11.8 Å². The van der Waals surface area contributed by atoms with Gasteiger partial charge in [-0.15, -0.1) is 0 Å². The van der Waals surface area contributed by atoms with Crippen LogP contribution in [0.4, 0.5) is 0 Å². The molecule has 0 saturated carbocycles. The molecule has 0 aromatic heterocycles. The lowest BCUT2D eigenvalue weighted by molar-refractivity contribution is -0.780. The SMILES string of the molecule is CCCC/C=C/CCCCCCCCCCCCCCCCC1=NC=C[N+]1(CCN)CC(=O)[O-]. The minimum atomic E-state index is -1.05. The predicted molar refractivity (Wildman–Crippen MR) is 143 cm³/mol. The number of carboxylic acid groups (broad SMARTS) is 1. The molecule has 2 N–H and O–H groups in total. The van der Waals surface area contributed by atoms with Gasteiger partial charge in [0, 0.05) is 13.0 Å². The summed E-state index contributed by atoms with van der Waals surface area (Å²) >= 11 is 0. The van der Waals surface area contributed by atoms with Crippen LogP contribution < -0.4 is 10.8 Å². The number of aliphatic imine (C=N–C) groups is 1. The summed E-state index contributed by atoms with van der Waals surface area (Å²) in [5.41, 5.74) is 5.72. The average molecular weight is 476 g/mol. The number of amidine groups is 1. The molecule has 1 atom stereocenters. The van der Waals surface area contributed by atoms with Crippen molar-refractivity contribution in [1.82, 2.24) is 0 Å². The van der Waals surface area contributed by atoms with Crippen molar-refractivity contribution in [2.45, 2.75) is 129 Å².